The molecular weight excluding hydrogens is 325 g/mol. The number of hydrogen-bond acceptors (Lipinski definition) is 4. The van der Waals surface area contributed by atoms with Crippen LogP contribution in [0.1, 0.15) is 34.7 Å². The fourth-order valence-electron chi connectivity index (χ4n) is 2.71. The van der Waals surface area contributed by atoms with Gasteiger partial charge in [-0.25, -0.2) is 9.50 Å². The van der Waals surface area contributed by atoms with Crippen LogP contribution < -0.4 is 5.32 Å². The van der Waals surface area contributed by atoms with Crippen LogP contribution in [0.5, 0.6) is 0 Å². The lowest BCUT2D eigenvalue weighted by molar-refractivity contribution is -0.142. The summed E-state index contributed by atoms with van der Waals surface area (Å²) in [6.07, 6.45) is -2.69. The molecule has 0 unspecified atom stereocenters. The van der Waals surface area contributed by atoms with E-state index >= 15 is 0 Å². The monoisotopic (exact) mass is 342 g/mol. The summed E-state index contributed by atoms with van der Waals surface area (Å²) in [5, 5.41) is 6.47. The van der Waals surface area contributed by atoms with Crippen LogP contribution in [0.3, 0.4) is 0 Å². The minimum absolute atomic E-state index is 0.00604. The van der Waals surface area contributed by atoms with Gasteiger partial charge in [0.25, 0.3) is 5.91 Å². The number of nitrogens with zero attached hydrogens (tertiary/aromatic N) is 3. The van der Waals surface area contributed by atoms with E-state index in [1.807, 2.05) is 0 Å². The van der Waals surface area contributed by atoms with Gasteiger partial charge in [-0.15, -0.1) is 0 Å². The third-order valence-corrected chi connectivity index (χ3v) is 3.88. The van der Waals surface area contributed by atoms with Crippen LogP contribution in [-0.2, 0) is 10.9 Å². The van der Waals surface area contributed by atoms with Crippen LogP contribution in [0, 0.1) is 12.8 Å². The van der Waals surface area contributed by atoms with Crippen LogP contribution in [0.25, 0.3) is 5.65 Å². The van der Waals surface area contributed by atoms with Gasteiger partial charge in [-0.05, 0) is 31.7 Å². The smallest absolute Gasteiger partial charge is 0.381 e. The minimum atomic E-state index is -4.58. The van der Waals surface area contributed by atoms with Crippen molar-refractivity contribution in [1.82, 2.24) is 19.9 Å². The van der Waals surface area contributed by atoms with Crippen molar-refractivity contribution in [3.8, 4) is 0 Å². The van der Waals surface area contributed by atoms with Gasteiger partial charge in [0.2, 0.25) is 0 Å². The number of carbonyl (C=O) groups is 1. The SMILES string of the molecule is Cc1cc(C(F)(F)F)n2nc(C(=O)NC[C@H]3CCCOC3)cc2n1. The molecule has 1 aliphatic heterocycles. The van der Waals surface area contributed by atoms with Crippen molar-refractivity contribution in [3.63, 3.8) is 0 Å². The summed E-state index contributed by atoms with van der Waals surface area (Å²) >= 11 is 0. The van der Waals surface area contributed by atoms with Crippen LogP contribution in [0.15, 0.2) is 12.1 Å². The Morgan fingerprint density at radius 3 is 2.92 bits per heavy atom. The van der Waals surface area contributed by atoms with Gasteiger partial charge in [0.05, 0.1) is 6.61 Å². The number of amides is 1. The molecule has 1 amide bonds. The summed E-state index contributed by atoms with van der Waals surface area (Å²) in [6, 6.07) is 2.16. The molecule has 3 heterocycles. The van der Waals surface area contributed by atoms with Crippen molar-refractivity contribution in [2.45, 2.75) is 25.9 Å². The highest BCUT2D eigenvalue weighted by Gasteiger charge is 2.35. The zero-order valence-electron chi connectivity index (χ0n) is 13.1. The highest BCUT2D eigenvalue weighted by molar-refractivity contribution is 5.93. The van der Waals surface area contributed by atoms with E-state index in [2.05, 4.69) is 15.4 Å². The Balaban J connectivity index is 1.81. The fourth-order valence-corrected chi connectivity index (χ4v) is 2.71. The first-order chi connectivity index (χ1) is 11.3. The molecule has 3 rings (SSSR count). The normalized spacial score (nSPS) is 18.8. The van der Waals surface area contributed by atoms with Gasteiger partial charge in [-0.3, -0.25) is 4.79 Å². The molecule has 1 saturated heterocycles. The minimum Gasteiger partial charge on any atom is -0.381 e. The van der Waals surface area contributed by atoms with Crippen molar-refractivity contribution in [1.29, 1.82) is 0 Å². The third kappa shape index (κ3) is 3.50. The molecule has 130 valence electrons. The summed E-state index contributed by atoms with van der Waals surface area (Å²) in [4.78, 5) is 16.2. The Kier molecular flexibility index (Phi) is 4.44. The largest absolute Gasteiger partial charge is 0.433 e. The summed E-state index contributed by atoms with van der Waals surface area (Å²) in [5.41, 5.74) is -0.838. The second-order valence-corrected chi connectivity index (χ2v) is 5.87. The number of nitrogens with one attached hydrogen (secondary N) is 1. The lowest BCUT2D eigenvalue weighted by Crippen LogP contribution is -2.33. The fraction of sp³-hybridized carbons (Fsp3) is 0.533. The zero-order valence-corrected chi connectivity index (χ0v) is 13.1. The molecule has 24 heavy (non-hydrogen) atoms. The van der Waals surface area contributed by atoms with Crippen LogP contribution in [-0.4, -0.2) is 40.3 Å². The average Bonchev–Trinajstić information content (AvgIpc) is 2.95. The number of aromatic nitrogens is 3. The summed E-state index contributed by atoms with van der Waals surface area (Å²) in [6.45, 7) is 3.17. The molecule has 0 radical (unpaired) electrons. The van der Waals surface area contributed by atoms with E-state index in [1.54, 1.807) is 0 Å². The highest BCUT2D eigenvalue weighted by Crippen LogP contribution is 2.29. The van der Waals surface area contributed by atoms with Crippen molar-refractivity contribution in [3.05, 3.63) is 29.2 Å². The number of alkyl halides is 3. The number of carbonyl (C=O) groups excluding carboxylic acids is 1. The van der Waals surface area contributed by atoms with Gasteiger partial charge in [0.15, 0.2) is 11.3 Å². The van der Waals surface area contributed by atoms with Crippen molar-refractivity contribution < 1.29 is 22.7 Å². The highest BCUT2D eigenvalue weighted by atomic mass is 19.4. The first-order valence-corrected chi connectivity index (χ1v) is 7.65. The molecule has 0 bridgehead atoms. The molecule has 9 heteroatoms. The third-order valence-electron chi connectivity index (χ3n) is 3.88. The van der Waals surface area contributed by atoms with Crippen molar-refractivity contribution in [2.75, 3.05) is 19.8 Å². The standard InChI is InChI=1S/C15H17F3N4O2/c1-9-5-12(15(16,17)18)22-13(20-9)6-11(21-22)14(23)19-7-10-3-2-4-24-8-10/h5-6,10H,2-4,7-8H2,1H3,(H,19,23)/t10-/m1/s1. The predicted octanol–water partition coefficient (Wildman–Crippen LogP) is 2.21. The maximum atomic E-state index is 13.1. The Bertz CT molecular complexity index is 751. The summed E-state index contributed by atoms with van der Waals surface area (Å²) in [7, 11) is 0. The Morgan fingerprint density at radius 2 is 2.25 bits per heavy atom. The molecular formula is C15H17F3N4O2. The number of rotatable bonds is 3. The van der Waals surface area contributed by atoms with Gasteiger partial charge in [0, 0.05) is 24.9 Å². The molecule has 1 atom stereocenters. The molecule has 1 aliphatic rings. The average molecular weight is 342 g/mol. The maximum absolute atomic E-state index is 13.1. The molecule has 1 N–H and O–H groups in total. The Labute approximate surface area is 136 Å². The quantitative estimate of drug-likeness (QED) is 0.929. The van der Waals surface area contributed by atoms with E-state index in [1.165, 1.54) is 13.0 Å². The van der Waals surface area contributed by atoms with Gasteiger partial charge >= 0.3 is 6.18 Å². The van der Waals surface area contributed by atoms with E-state index in [4.69, 9.17) is 4.74 Å². The molecule has 2 aromatic rings. The Morgan fingerprint density at radius 1 is 1.46 bits per heavy atom. The Hall–Kier alpha value is -2.16. The molecule has 0 aliphatic carbocycles. The summed E-state index contributed by atoms with van der Waals surface area (Å²) in [5.74, 6) is -0.303. The van der Waals surface area contributed by atoms with Gasteiger partial charge < -0.3 is 10.1 Å². The predicted molar refractivity (Wildman–Crippen MR) is 78.6 cm³/mol. The molecule has 6 nitrogen and oxygen atoms in total. The second-order valence-electron chi connectivity index (χ2n) is 5.87. The number of aryl methyl sites for hydroxylation is 1. The van der Waals surface area contributed by atoms with Crippen LogP contribution in [0.2, 0.25) is 0 Å². The molecule has 0 saturated carbocycles. The lowest BCUT2D eigenvalue weighted by Gasteiger charge is -2.21. The number of hydrogen-bond donors (Lipinski definition) is 1. The first kappa shape index (κ1) is 16.7. The van der Waals surface area contributed by atoms with E-state index in [-0.39, 0.29) is 23.0 Å². The van der Waals surface area contributed by atoms with E-state index in [0.29, 0.717) is 17.7 Å². The molecule has 1 fully saturated rings. The number of ether oxygens (including phenoxy) is 1. The van der Waals surface area contributed by atoms with Gasteiger partial charge in [0.1, 0.15) is 5.69 Å². The zero-order chi connectivity index (χ0) is 17.3. The van der Waals surface area contributed by atoms with E-state index in [0.717, 1.165) is 25.5 Å². The first-order valence-electron chi connectivity index (χ1n) is 7.65. The number of halogens is 3. The lowest BCUT2D eigenvalue weighted by atomic mass is 10.0. The van der Waals surface area contributed by atoms with E-state index < -0.39 is 17.8 Å². The molecule has 2 aromatic heterocycles. The van der Waals surface area contributed by atoms with Crippen molar-refractivity contribution in [2.24, 2.45) is 5.92 Å². The number of fused-ring (bicyclic) bond motifs is 1. The summed E-state index contributed by atoms with van der Waals surface area (Å²) < 4.78 is 45.3. The molecule has 0 spiro atoms. The van der Waals surface area contributed by atoms with Gasteiger partial charge in [-0.1, -0.05) is 0 Å². The van der Waals surface area contributed by atoms with E-state index in [9.17, 15) is 18.0 Å². The second kappa shape index (κ2) is 6.39. The topological polar surface area (TPSA) is 68.5 Å². The maximum Gasteiger partial charge on any atom is 0.433 e. The van der Waals surface area contributed by atoms with Crippen LogP contribution in [0.4, 0.5) is 13.2 Å². The van der Waals surface area contributed by atoms with Crippen LogP contribution >= 0.6 is 0 Å². The molecule has 0 aromatic carbocycles. The van der Waals surface area contributed by atoms with Crippen molar-refractivity contribution >= 4 is 11.6 Å². The van der Waals surface area contributed by atoms with Gasteiger partial charge in [-0.2, -0.15) is 18.3 Å².